The zero-order chi connectivity index (χ0) is 61.2. The molecule has 19 heteroatoms. The molecule has 0 aliphatic rings. The molecule has 0 radical (unpaired) electrons. The summed E-state index contributed by atoms with van der Waals surface area (Å²) in [6.07, 6.45) is 46.9. The monoisotopic (exact) mass is 1220 g/mol. The van der Waals surface area contributed by atoms with Gasteiger partial charge in [-0.05, 0) is 51.4 Å². The van der Waals surface area contributed by atoms with Gasteiger partial charge in [0.25, 0.3) is 0 Å². The average Bonchev–Trinajstić information content (AvgIpc) is 3.46. The molecule has 0 aromatic carbocycles. The Morgan fingerprint density at radius 2 is 0.578 bits per heavy atom. The zero-order valence-corrected chi connectivity index (χ0v) is 54.4. The topological polar surface area (TPSA) is 237 Å². The lowest BCUT2D eigenvalue weighted by atomic mass is 10.0. The number of rotatable bonds is 63. The first-order chi connectivity index (χ1) is 40.2. The number of phosphoric acid groups is 2. The highest BCUT2D eigenvalue weighted by atomic mass is 31.2. The van der Waals surface area contributed by atoms with Gasteiger partial charge in [-0.3, -0.25) is 37.3 Å². The van der Waals surface area contributed by atoms with E-state index in [0.717, 1.165) is 128 Å². The van der Waals surface area contributed by atoms with Crippen molar-refractivity contribution in [3.63, 3.8) is 0 Å². The molecule has 0 aromatic rings. The molecular weight excluding hydrogens is 1100 g/mol. The van der Waals surface area contributed by atoms with Gasteiger partial charge >= 0.3 is 39.5 Å². The summed E-state index contributed by atoms with van der Waals surface area (Å²) >= 11 is 0. The van der Waals surface area contributed by atoms with Crippen LogP contribution in [0.4, 0.5) is 0 Å². The van der Waals surface area contributed by atoms with Crippen molar-refractivity contribution < 1.29 is 80.2 Å². The predicted octanol–water partition coefficient (Wildman–Crippen LogP) is 17.5. The van der Waals surface area contributed by atoms with E-state index in [-0.39, 0.29) is 25.7 Å². The third-order valence-electron chi connectivity index (χ3n) is 14.2. The van der Waals surface area contributed by atoms with Gasteiger partial charge in [0.15, 0.2) is 12.2 Å². The molecule has 0 saturated heterocycles. The van der Waals surface area contributed by atoms with E-state index in [1.807, 2.05) is 0 Å². The maximum atomic E-state index is 13.0. The van der Waals surface area contributed by atoms with Crippen molar-refractivity contribution in [2.24, 2.45) is 0 Å². The van der Waals surface area contributed by atoms with Crippen molar-refractivity contribution in [1.82, 2.24) is 0 Å². The summed E-state index contributed by atoms with van der Waals surface area (Å²) in [4.78, 5) is 71.9. The van der Waals surface area contributed by atoms with Gasteiger partial charge in [0.1, 0.15) is 19.3 Å². The number of unbranched alkanes of at least 4 members (excludes halogenated alkanes) is 34. The fourth-order valence-electron chi connectivity index (χ4n) is 9.09. The molecule has 0 heterocycles. The first-order valence-corrected chi connectivity index (χ1v) is 36.1. The van der Waals surface area contributed by atoms with E-state index in [9.17, 15) is 43.2 Å². The maximum Gasteiger partial charge on any atom is 0.472 e. The molecule has 0 rings (SSSR count). The minimum absolute atomic E-state index is 0.0856. The smallest absolute Gasteiger partial charge is 0.462 e. The average molecular weight is 1220 g/mol. The van der Waals surface area contributed by atoms with E-state index in [2.05, 4.69) is 52.0 Å². The summed E-state index contributed by atoms with van der Waals surface area (Å²) in [7, 11) is -9.89. The van der Waals surface area contributed by atoms with Crippen LogP contribution < -0.4 is 0 Å². The summed E-state index contributed by atoms with van der Waals surface area (Å²) in [6, 6.07) is 0. The summed E-state index contributed by atoms with van der Waals surface area (Å²) in [5.41, 5.74) is 0. The number of aliphatic hydroxyl groups excluding tert-OH is 1. The summed E-state index contributed by atoms with van der Waals surface area (Å²) < 4.78 is 67.8. The minimum atomic E-state index is -4.95. The molecule has 0 aliphatic carbocycles. The minimum Gasteiger partial charge on any atom is -0.462 e. The van der Waals surface area contributed by atoms with Crippen LogP contribution in [0.5, 0.6) is 0 Å². The molecule has 3 N–H and O–H groups in total. The van der Waals surface area contributed by atoms with Gasteiger partial charge in [-0.2, -0.15) is 0 Å². The van der Waals surface area contributed by atoms with Crippen LogP contribution in [0.25, 0.3) is 0 Å². The van der Waals surface area contributed by atoms with Crippen LogP contribution in [-0.4, -0.2) is 96.7 Å². The molecule has 0 spiro atoms. The molecule has 0 fully saturated rings. The second kappa shape index (κ2) is 58.6. The van der Waals surface area contributed by atoms with Crippen LogP contribution in [0.3, 0.4) is 0 Å². The zero-order valence-electron chi connectivity index (χ0n) is 52.6. The number of aliphatic hydroxyl groups is 1. The van der Waals surface area contributed by atoms with Gasteiger partial charge in [0.2, 0.25) is 0 Å². The van der Waals surface area contributed by atoms with Crippen molar-refractivity contribution in [3.8, 4) is 0 Å². The lowest BCUT2D eigenvalue weighted by Crippen LogP contribution is -2.30. The van der Waals surface area contributed by atoms with Crippen LogP contribution in [0.2, 0.25) is 0 Å². The molecular formula is C64H120O17P2. The van der Waals surface area contributed by atoms with E-state index in [4.69, 9.17) is 37.0 Å². The van der Waals surface area contributed by atoms with E-state index in [1.165, 1.54) is 96.3 Å². The Balaban J connectivity index is 5.22. The molecule has 0 aliphatic heterocycles. The molecule has 5 atom stereocenters. The van der Waals surface area contributed by atoms with Crippen molar-refractivity contribution >= 4 is 39.5 Å². The van der Waals surface area contributed by atoms with E-state index >= 15 is 0 Å². The highest BCUT2D eigenvalue weighted by Gasteiger charge is 2.30. The van der Waals surface area contributed by atoms with E-state index < -0.39 is 97.5 Å². The standard InChI is InChI=1S/C64H120O17P2/c1-5-9-13-17-21-23-25-27-29-31-33-35-39-43-47-51-64(69)81-60(55-75-62(67)49-45-41-38-34-32-30-28-26-24-22-18-14-10-6-2)57-79-83(72,73)77-53-58(65)52-76-82(70,71)78-56-59(80-63(68)50-46-42-37-20-16-12-8-4)54-74-61(66)48-44-40-36-19-15-11-7-3/h23,25,27,29,58-60,65H,5-22,24,26,28,30-57H2,1-4H3,(H,70,71)(H,72,73)/b25-23-,29-27-/t58-,59+,60+/m0/s1. The van der Waals surface area contributed by atoms with Crippen LogP contribution in [-0.2, 0) is 65.4 Å². The molecule has 0 bridgehead atoms. The first kappa shape index (κ1) is 80.5. The summed E-state index contributed by atoms with van der Waals surface area (Å²) in [5, 5.41) is 10.5. The fraction of sp³-hybridized carbons (Fsp3) is 0.875. The lowest BCUT2D eigenvalue weighted by molar-refractivity contribution is -0.161. The Hall–Kier alpha value is -2.46. The third kappa shape index (κ3) is 58.3. The SMILES string of the molecule is CCCCCC/C=C\C=C/CCCCCCCC(=O)O[C@H](COC(=O)CCCCCCCCCCCCCCCC)COP(=O)(O)OC[C@@H](O)COP(=O)(O)OC[C@@H](COC(=O)CCCCCCCCC)OC(=O)CCCCCCCCC. The van der Waals surface area contributed by atoms with Crippen LogP contribution in [0, 0.1) is 0 Å². The highest BCUT2D eigenvalue weighted by Crippen LogP contribution is 2.45. The van der Waals surface area contributed by atoms with Crippen LogP contribution >= 0.6 is 15.6 Å². The summed E-state index contributed by atoms with van der Waals surface area (Å²) in [6.45, 7) is 4.75. The Morgan fingerprint density at radius 1 is 0.337 bits per heavy atom. The number of ether oxygens (including phenoxy) is 4. The molecule has 488 valence electrons. The van der Waals surface area contributed by atoms with Crippen molar-refractivity contribution in [2.45, 2.75) is 322 Å². The highest BCUT2D eigenvalue weighted by molar-refractivity contribution is 7.47. The second-order valence-corrected chi connectivity index (χ2v) is 25.4. The molecule has 83 heavy (non-hydrogen) atoms. The van der Waals surface area contributed by atoms with Gasteiger partial charge in [0, 0.05) is 25.7 Å². The largest absolute Gasteiger partial charge is 0.472 e. The van der Waals surface area contributed by atoms with Gasteiger partial charge < -0.3 is 33.8 Å². The Labute approximate surface area is 503 Å². The van der Waals surface area contributed by atoms with Crippen LogP contribution in [0.1, 0.15) is 304 Å². The fourth-order valence-corrected chi connectivity index (χ4v) is 10.7. The maximum absolute atomic E-state index is 13.0. The van der Waals surface area contributed by atoms with E-state index in [0.29, 0.717) is 25.7 Å². The quantitative estimate of drug-likeness (QED) is 0.0169. The van der Waals surface area contributed by atoms with Gasteiger partial charge in [-0.25, -0.2) is 9.13 Å². The predicted molar refractivity (Wildman–Crippen MR) is 331 cm³/mol. The normalized spacial score (nSPS) is 14.3. The van der Waals surface area contributed by atoms with Gasteiger partial charge in [-0.15, -0.1) is 0 Å². The van der Waals surface area contributed by atoms with Crippen molar-refractivity contribution in [3.05, 3.63) is 24.3 Å². The van der Waals surface area contributed by atoms with Crippen molar-refractivity contribution in [2.75, 3.05) is 39.6 Å². The second-order valence-electron chi connectivity index (χ2n) is 22.5. The number of carbonyl (C=O) groups is 4. The molecule has 17 nitrogen and oxygen atoms in total. The number of esters is 4. The number of hydrogen-bond donors (Lipinski definition) is 3. The lowest BCUT2D eigenvalue weighted by Gasteiger charge is -2.21. The van der Waals surface area contributed by atoms with Crippen molar-refractivity contribution in [1.29, 1.82) is 0 Å². The molecule has 0 amide bonds. The van der Waals surface area contributed by atoms with Gasteiger partial charge in [0.05, 0.1) is 26.4 Å². The Kier molecular flexibility index (Phi) is 56.8. The number of phosphoric ester groups is 2. The number of hydrogen-bond acceptors (Lipinski definition) is 15. The Bertz CT molecular complexity index is 1700. The molecule has 2 unspecified atom stereocenters. The number of carbonyl (C=O) groups excluding carboxylic acids is 4. The van der Waals surface area contributed by atoms with Gasteiger partial charge in [-0.1, -0.05) is 251 Å². The third-order valence-corrected chi connectivity index (χ3v) is 16.1. The van der Waals surface area contributed by atoms with Crippen LogP contribution in [0.15, 0.2) is 24.3 Å². The summed E-state index contributed by atoms with van der Waals surface area (Å²) in [5.74, 6) is -2.17. The Morgan fingerprint density at radius 3 is 0.880 bits per heavy atom. The molecule has 0 saturated carbocycles. The molecule has 0 aromatic heterocycles. The first-order valence-electron chi connectivity index (χ1n) is 33.1. The number of allylic oxidation sites excluding steroid dienone is 4. The van der Waals surface area contributed by atoms with E-state index in [1.54, 1.807) is 0 Å².